The zero-order valence-electron chi connectivity index (χ0n) is 14.7. The lowest BCUT2D eigenvalue weighted by Crippen LogP contribution is -2.40. The highest BCUT2D eigenvalue weighted by Crippen LogP contribution is 2.59. The highest BCUT2D eigenvalue weighted by atomic mass is 19.1. The van der Waals surface area contributed by atoms with Crippen molar-refractivity contribution < 1.29 is 13.9 Å². The van der Waals surface area contributed by atoms with Gasteiger partial charge < -0.3 is 15.0 Å². The Bertz CT molecular complexity index is 624. The largest absolute Gasteiger partial charge is 0.376 e. The van der Waals surface area contributed by atoms with E-state index in [9.17, 15) is 9.18 Å². The Morgan fingerprint density at radius 3 is 2.92 bits per heavy atom. The molecule has 0 bridgehead atoms. The van der Waals surface area contributed by atoms with Crippen LogP contribution in [0.3, 0.4) is 0 Å². The van der Waals surface area contributed by atoms with Crippen molar-refractivity contribution in [2.24, 2.45) is 11.3 Å². The lowest BCUT2D eigenvalue weighted by Gasteiger charge is -2.28. The van der Waals surface area contributed by atoms with E-state index in [0.29, 0.717) is 13.1 Å². The van der Waals surface area contributed by atoms with E-state index < -0.39 is 0 Å². The van der Waals surface area contributed by atoms with E-state index in [1.807, 2.05) is 11.0 Å². The molecule has 5 heteroatoms. The number of halogens is 1. The van der Waals surface area contributed by atoms with E-state index in [4.69, 9.17) is 4.74 Å². The van der Waals surface area contributed by atoms with E-state index in [0.717, 1.165) is 57.4 Å². The Labute approximate surface area is 148 Å². The number of piperidine rings is 1. The molecule has 2 atom stereocenters. The number of hydrogen-bond acceptors (Lipinski definition) is 3. The average Bonchev–Trinajstić information content (AvgIpc) is 3.04. The predicted molar refractivity (Wildman–Crippen MR) is 93.4 cm³/mol. The minimum Gasteiger partial charge on any atom is -0.376 e. The number of carbonyl (C=O) groups excluding carboxylic acids is 1. The van der Waals surface area contributed by atoms with Crippen LogP contribution in [0, 0.1) is 17.2 Å². The van der Waals surface area contributed by atoms with Crippen molar-refractivity contribution in [1.29, 1.82) is 0 Å². The van der Waals surface area contributed by atoms with Crippen molar-refractivity contribution in [3.05, 3.63) is 35.6 Å². The van der Waals surface area contributed by atoms with Gasteiger partial charge in [0.15, 0.2) is 0 Å². The topological polar surface area (TPSA) is 41.6 Å². The molecule has 3 fully saturated rings. The fourth-order valence-corrected chi connectivity index (χ4v) is 4.52. The van der Waals surface area contributed by atoms with E-state index >= 15 is 0 Å². The number of rotatable bonds is 5. The highest BCUT2D eigenvalue weighted by molar-refractivity contribution is 5.82. The van der Waals surface area contributed by atoms with Crippen LogP contribution in [0.5, 0.6) is 0 Å². The second kappa shape index (κ2) is 7.04. The number of nitrogens with zero attached hydrogens (tertiary/aromatic N) is 1. The van der Waals surface area contributed by atoms with Gasteiger partial charge in [-0.15, -0.1) is 0 Å². The van der Waals surface area contributed by atoms with Gasteiger partial charge in [-0.1, -0.05) is 12.1 Å². The summed E-state index contributed by atoms with van der Waals surface area (Å²) in [6.07, 6.45) is 5.39. The van der Waals surface area contributed by atoms with Gasteiger partial charge in [0.05, 0.1) is 6.10 Å². The molecule has 1 amide bonds. The first-order chi connectivity index (χ1) is 12.2. The molecular formula is C20H27FN2O2. The Balaban J connectivity index is 1.47. The quantitative estimate of drug-likeness (QED) is 0.891. The normalized spacial score (nSPS) is 27.4. The van der Waals surface area contributed by atoms with E-state index in [2.05, 4.69) is 5.32 Å². The summed E-state index contributed by atoms with van der Waals surface area (Å²) in [5, 5.41) is 3.39. The molecular weight excluding hydrogens is 319 g/mol. The number of ether oxygens (including phenoxy) is 1. The van der Waals surface area contributed by atoms with Gasteiger partial charge in [-0.3, -0.25) is 4.79 Å². The monoisotopic (exact) mass is 346 g/mol. The van der Waals surface area contributed by atoms with Crippen molar-refractivity contribution in [2.75, 3.05) is 26.2 Å². The summed E-state index contributed by atoms with van der Waals surface area (Å²) in [5.41, 5.74) is 1.07. The van der Waals surface area contributed by atoms with Crippen LogP contribution in [0.4, 0.5) is 4.39 Å². The summed E-state index contributed by atoms with van der Waals surface area (Å²) in [4.78, 5) is 15.1. The third-order valence-corrected chi connectivity index (χ3v) is 6.11. The number of amides is 1. The second-order valence-corrected chi connectivity index (χ2v) is 7.85. The maximum atomic E-state index is 13.5. The van der Waals surface area contributed by atoms with Crippen LogP contribution in [0.2, 0.25) is 0 Å². The van der Waals surface area contributed by atoms with Crippen molar-refractivity contribution >= 4 is 5.91 Å². The molecule has 4 rings (SSSR count). The van der Waals surface area contributed by atoms with Gasteiger partial charge in [0, 0.05) is 25.6 Å². The Morgan fingerprint density at radius 1 is 1.36 bits per heavy atom. The van der Waals surface area contributed by atoms with Gasteiger partial charge in [0.25, 0.3) is 0 Å². The molecule has 2 saturated heterocycles. The SMILES string of the molecule is O=C(C1CC12CCNCC2)N(Cc1cccc(F)c1)CC1CCCO1. The van der Waals surface area contributed by atoms with Gasteiger partial charge in [0.1, 0.15) is 5.82 Å². The highest BCUT2D eigenvalue weighted by Gasteiger charge is 2.58. The standard InChI is InChI=1S/C20H27FN2O2/c21-16-4-1-3-15(11-16)13-23(14-17-5-2-10-25-17)19(24)18-12-20(18)6-8-22-9-7-20/h1,3-4,11,17-18,22H,2,5-10,12-14H2. The summed E-state index contributed by atoms with van der Waals surface area (Å²) >= 11 is 0. The van der Waals surface area contributed by atoms with Crippen LogP contribution < -0.4 is 5.32 Å². The van der Waals surface area contributed by atoms with Gasteiger partial charge in [-0.05, 0) is 68.3 Å². The zero-order chi connectivity index (χ0) is 17.3. The Hall–Kier alpha value is -1.46. The molecule has 2 heterocycles. The van der Waals surface area contributed by atoms with E-state index in [-0.39, 0.29) is 29.2 Å². The number of hydrogen-bond donors (Lipinski definition) is 1. The van der Waals surface area contributed by atoms with Crippen LogP contribution in [0.25, 0.3) is 0 Å². The summed E-state index contributed by atoms with van der Waals surface area (Å²) in [6, 6.07) is 6.58. The Morgan fingerprint density at radius 2 is 2.20 bits per heavy atom. The summed E-state index contributed by atoms with van der Waals surface area (Å²) in [6.45, 7) is 3.91. The molecule has 1 N–H and O–H groups in total. The van der Waals surface area contributed by atoms with Crippen molar-refractivity contribution in [3.8, 4) is 0 Å². The van der Waals surface area contributed by atoms with Crippen molar-refractivity contribution in [3.63, 3.8) is 0 Å². The molecule has 136 valence electrons. The van der Waals surface area contributed by atoms with E-state index in [1.54, 1.807) is 6.07 Å². The Kier molecular flexibility index (Phi) is 4.78. The maximum absolute atomic E-state index is 13.5. The summed E-state index contributed by atoms with van der Waals surface area (Å²) in [5.74, 6) is 0.134. The molecule has 1 saturated carbocycles. The third kappa shape index (κ3) is 3.72. The minimum atomic E-state index is -0.247. The van der Waals surface area contributed by atoms with Crippen molar-refractivity contribution in [1.82, 2.24) is 10.2 Å². The fourth-order valence-electron chi connectivity index (χ4n) is 4.52. The number of carbonyl (C=O) groups is 1. The molecule has 1 aromatic rings. The molecule has 4 nitrogen and oxygen atoms in total. The predicted octanol–water partition coefficient (Wildman–Crippen LogP) is 2.72. The number of nitrogens with one attached hydrogen (secondary N) is 1. The lowest BCUT2D eigenvalue weighted by atomic mass is 9.91. The minimum absolute atomic E-state index is 0.125. The first-order valence-corrected chi connectivity index (χ1v) is 9.52. The first kappa shape index (κ1) is 17.0. The molecule has 0 radical (unpaired) electrons. The second-order valence-electron chi connectivity index (χ2n) is 7.85. The van der Waals surface area contributed by atoms with E-state index in [1.165, 1.54) is 12.1 Å². The first-order valence-electron chi connectivity index (χ1n) is 9.52. The molecule has 1 aromatic carbocycles. The number of benzene rings is 1. The van der Waals surface area contributed by atoms with Gasteiger partial charge >= 0.3 is 0 Å². The van der Waals surface area contributed by atoms with Crippen LogP contribution in [-0.4, -0.2) is 43.2 Å². The van der Waals surface area contributed by atoms with Crippen molar-refractivity contribution in [2.45, 2.75) is 44.8 Å². The zero-order valence-corrected chi connectivity index (χ0v) is 14.7. The maximum Gasteiger partial charge on any atom is 0.226 e. The van der Waals surface area contributed by atoms with Crippen LogP contribution >= 0.6 is 0 Å². The summed E-state index contributed by atoms with van der Waals surface area (Å²) < 4.78 is 19.3. The van der Waals surface area contributed by atoms with Gasteiger partial charge in [0.2, 0.25) is 5.91 Å². The lowest BCUT2D eigenvalue weighted by molar-refractivity contribution is -0.136. The van der Waals surface area contributed by atoms with Gasteiger partial charge in [-0.2, -0.15) is 0 Å². The van der Waals surface area contributed by atoms with Gasteiger partial charge in [-0.25, -0.2) is 4.39 Å². The van der Waals surface area contributed by atoms with Crippen LogP contribution in [-0.2, 0) is 16.1 Å². The van der Waals surface area contributed by atoms with Crippen LogP contribution in [0.1, 0.15) is 37.7 Å². The molecule has 2 aliphatic heterocycles. The summed E-state index contributed by atoms with van der Waals surface area (Å²) in [7, 11) is 0. The average molecular weight is 346 g/mol. The fraction of sp³-hybridized carbons (Fsp3) is 0.650. The molecule has 3 aliphatic rings. The molecule has 1 aliphatic carbocycles. The molecule has 0 aromatic heterocycles. The smallest absolute Gasteiger partial charge is 0.226 e. The van der Waals surface area contributed by atoms with Crippen LogP contribution in [0.15, 0.2) is 24.3 Å². The molecule has 1 spiro atoms. The molecule has 2 unspecified atom stereocenters. The molecule has 25 heavy (non-hydrogen) atoms. The third-order valence-electron chi connectivity index (χ3n) is 6.11.